The first-order valence-electron chi connectivity index (χ1n) is 9.32. The number of hydrogen-bond acceptors (Lipinski definition) is 9. The van der Waals surface area contributed by atoms with E-state index >= 15 is 0 Å². The van der Waals surface area contributed by atoms with Crippen molar-refractivity contribution >= 4 is 33.4 Å². The molecule has 11 heteroatoms. The molecule has 0 unspecified atom stereocenters. The summed E-state index contributed by atoms with van der Waals surface area (Å²) in [7, 11) is 3.21. The Morgan fingerprint density at radius 1 is 0.774 bits per heavy atom. The van der Waals surface area contributed by atoms with Crippen molar-refractivity contribution in [1.82, 2.24) is 30.2 Å². The van der Waals surface area contributed by atoms with Crippen molar-refractivity contribution in [3.63, 3.8) is 0 Å². The highest BCUT2D eigenvalue weighted by atomic mass is 16.5. The smallest absolute Gasteiger partial charge is 0.139 e. The fourth-order valence-corrected chi connectivity index (χ4v) is 3.13. The van der Waals surface area contributed by atoms with Crippen molar-refractivity contribution in [1.29, 1.82) is 0 Å². The third-order valence-electron chi connectivity index (χ3n) is 4.63. The van der Waals surface area contributed by atoms with E-state index in [4.69, 9.17) is 9.47 Å². The largest absolute Gasteiger partial charge is 0.497 e. The highest BCUT2D eigenvalue weighted by Gasteiger charge is 2.11. The molecule has 1 N–H and O–H groups in total. The van der Waals surface area contributed by atoms with E-state index in [0.717, 1.165) is 22.4 Å². The molecule has 5 rings (SSSR count). The average Bonchev–Trinajstić information content (AvgIpc) is 3.42. The summed E-state index contributed by atoms with van der Waals surface area (Å²) in [5.41, 5.74) is 4.31. The molecule has 0 aliphatic rings. The van der Waals surface area contributed by atoms with Gasteiger partial charge in [0.2, 0.25) is 0 Å². The molecule has 5 aromatic rings. The maximum Gasteiger partial charge on any atom is 0.139 e. The predicted octanol–water partition coefficient (Wildman–Crippen LogP) is 3.62. The molecule has 0 aliphatic carbocycles. The molecular weight excluding hydrogens is 398 g/mol. The Kier molecular flexibility index (Phi) is 4.60. The summed E-state index contributed by atoms with van der Waals surface area (Å²) >= 11 is 0. The third kappa shape index (κ3) is 3.48. The topological polar surface area (TPSA) is 117 Å². The summed E-state index contributed by atoms with van der Waals surface area (Å²) in [4.78, 5) is 2.68. The van der Waals surface area contributed by atoms with Gasteiger partial charge in [-0.25, -0.2) is 0 Å². The van der Waals surface area contributed by atoms with Gasteiger partial charge in [-0.1, -0.05) is 18.2 Å². The quantitative estimate of drug-likeness (QED) is 0.421. The van der Waals surface area contributed by atoms with Crippen LogP contribution in [0.25, 0.3) is 22.1 Å². The lowest BCUT2D eigenvalue weighted by atomic mass is 10.2. The maximum atomic E-state index is 5.33. The van der Waals surface area contributed by atoms with Crippen molar-refractivity contribution in [3.05, 3.63) is 60.7 Å². The second-order valence-electron chi connectivity index (χ2n) is 6.53. The minimum Gasteiger partial charge on any atom is -0.497 e. The normalized spacial score (nSPS) is 11.4. The van der Waals surface area contributed by atoms with Gasteiger partial charge >= 0.3 is 0 Å². The number of nitrogens with zero attached hydrogens (tertiary/aromatic N) is 8. The van der Waals surface area contributed by atoms with E-state index in [1.165, 1.54) is 9.58 Å². The van der Waals surface area contributed by atoms with Gasteiger partial charge in [-0.2, -0.15) is 0 Å². The molecule has 154 valence electrons. The van der Waals surface area contributed by atoms with Gasteiger partial charge in [0, 0.05) is 23.9 Å². The van der Waals surface area contributed by atoms with Gasteiger partial charge in [0.25, 0.3) is 0 Å². The Labute approximate surface area is 175 Å². The van der Waals surface area contributed by atoms with Crippen molar-refractivity contribution in [2.75, 3.05) is 19.5 Å². The second kappa shape index (κ2) is 7.71. The Morgan fingerprint density at radius 3 is 2.23 bits per heavy atom. The third-order valence-corrected chi connectivity index (χ3v) is 4.63. The minimum absolute atomic E-state index is 0.631. The van der Waals surface area contributed by atoms with Crippen LogP contribution in [0.4, 0.5) is 11.4 Å². The molecule has 0 bridgehead atoms. The number of rotatable bonds is 6. The summed E-state index contributed by atoms with van der Waals surface area (Å²) in [5.74, 6) is 1.35. The number of methoxy groups -OCH3 is 2. The Balaban J connectivity index is 1.48. The number of fused-ring (bicyclic) bond motifs is 2. The average molecular weight is 415 g/mol. The monoisotopic (exact) mass is 415 g/mol. The molecule has 0 saturated heterocycles. The van der Waals surface area contributed by atoms with E-state index in [1.54, 1.807) is 20.3 Å². The first-order valence-corrected chi connectivity index (χ1v) is 9.32. The first kappa shape index (κ1) is 18.5. The van der Waals surface area contributed by atoms with Crippen LogP contribution < -0.4 is 14.8 Å². The Bertz CT molecular complexity index is 1380. The van der Waals surface area contributed by atoms with Crippen LogP contribution in [0, 0.1) is 0 Å². The molecule has 0 saturated carbocycles. The number of benzene rings is 3. The molecule has 2 aromatic heterocycles. The van der Waals surface area contributed by atoms with Gasteiger partial charge < -0.3 is 14.8 Å². The van der Waals surface area contributed by atoms with E-state index in [0.29, 0.717) is 22.5 Å². The van der Waals surface area contributed by atoms with Crippen LogP contribution in [0.1, 0.15) is 0 Å². The van der Waals surface area contributed by atoms with Crippen molar-refractivity contribution in [2.24, 2.45) is 10.4 Å². The summed E-state index contributed by atoms with van der Waals surface area (Å²) < 4.78 is 10.7. The Morgan fingerprint density at radius 2 is 1.45 bits per heavy atom. The van der Waals surface area contributed by atoms with Crippen LogP contribution in [0.3, 0.4) is 0 Å². The van der Waals surface area contributed by atoms with Crippen LogP contribution in [-0.4, -0.2) is 44.4 Å². The van der Waals surface area contributed by atoms with Crippen LogP contribution in [0.15, 0.2) is 71.1 Å². The van der Waals surface area contributed by atoms with Gasteiger partial charge in [-0.05, 0) is 45.1 Å². The molecular formula is C20H17N9O2. The fourth-order valence-electron chi connectivity index (χ4n) is 3.13. The van der Waals surface area contributed by atoms with Gasteiger partial charge in [-0.3, -0.25) is 0 Å². The molecule has 0 atom stereocenters. The summed E-state index contributed by atoms with van der Waals surface area (Å²) in [5, 5.41) is 28.0. The molecule has 3 aromatic carbocycles. The lowest BCUT2D eigenvalue weighted by Crippen LogP contribution is -1.96. The number of nitrogens with one attached hydrogen (secondary N) is 1. The van der Waals surface area contributed by atoms with Crippen LogP contribution in [-0.2, 0) is 0 Å². The van der Waals surface area contributed by atoms with E-state index in [1.807, 2.05) is 54.6 Å². The number of para-hydroxylation sites is 1. The first-order chi connectivity index (χ1) is 15.2. The molecule has 0 fully saturated rings. The van der Waals surface area contributed by atoms with Crippen LogP contribution in [0.2, 0.25) is 0 Å². The fraction of sp³-hybridized carbons (Fsp3) is 0.100. The standard InChI is InChI=1S/C20H17N9O2/c1-30-14-10-13(11-15(12-14)31-2)21-17-7-5-9-19-20(17)23-25-29(19)27-26-28-18-8-4-3-6-16(18)22-24-28/h3-12,21H,1-2H3/b27-26+. The van der Waals surface area contributed by atoms with E-state index < -0.39 is 0 Å². The van der Waals surface area contributed by atoms with E-state index in [2.05, 4.69) is 36.4 Å². The minimum atomic E-state index is 0.631. The SMILES string of the molecule is COc1cc(Nc2cccc3c2nnn3/N=N/n2nnc3ccccc32)cc(OC)c1. The van der Waals surface area contributed by atoms with Crippen molar-refractivity contribution in [3.8, 4) is 11.5 Å². The number of anilines is 2. The predicted molar refractivity (Wildman–Crippen MR) is 114 cm³/mol. The zero-order valence-electron chi connectivity index (χ0n) is 16.7. The molecule has 11 nitrogen and oxygen atoms in total. The van der Waals surface area contributed by atoms with Crippen LogP contribution >= 0.6 is 0 Å². The van der Waals surface area contributed by atoms with Gasteiger partial charge in [0.05, 0.1) is 19.9 Å². The van der Waals surface area contributed by atoms with Crippen LogP contribution in [0.5, 0.6) is 11.5 Å². The lowest BCUT2D eigenvalue weighted by molar-refractivity contribution is 0.395. The molecule has 0 radical (unpaired) electrons. The number of aromatic nitrogens is 6. The zero-order chi connectivity index (χ0) is 21.2. The Hall–Kier alpha value is -4.54. The highest BCUT2D eigenvalue weighted by molar-refractivity contribution is 5.90. The van der Waals surface area contributed by atoms with E-state index in [9.17, 15) is 0 Å². The number of ether oxygens (including phenoxy) is 2. The van der Waals surface area contributed by atoms with Gasteiger partial charge in [0.15, 0.2) is 0 Å². The molecule has 0 spiro atoms. The van der Waals surface area contributed by atoms with Gasteiger partial charge in [-0.15, -0.1) is 19.8 Å². The maximum absolute atomic E-state index is 5.33. The highest BCUT2D eigenvalue weighted by Crippen LogP contribution is 2.30. The summed E-state index contributed by atoms with van der Waals surface area (Å²) in [6, 6.07) is 18.6. The zero-order valence-corrected chi connectivity index (χ0v) is 16.7. The second-order valence-corrected chi connectivity index (χ2v) is 6.53. The van der Waals surface area contributed by atoms with Gasteiger partial charge in [0.1, 0.15) is 33.6 Å². The number of hydrogen-bond donors (Lipinski definition) is 1. The summed E-state index contributed by atoms with van der Waals surface area (Å²) in [6.07, 6.45) is 0. The molecule has 2 heterocycles. The van der Waals surface area contributed by atoms with Crippen molar-refractivity contribution < 1.29 is 9.47 Å². The van der Waals surface area contributed by atoms with E-state index in [-0.39, 0.29) is 0 Å². The molecule has 0 aliphatic heterocycles. The van der Waals surface area contributed by atoms with Crippen molar-refractivity contribution in [2.45, 2.75) is 0 Å². The summed E-state index contributed by atoms with van der Waals surface area (Å²) in [6.45, 7) is 0. The molecule has 31 heavy (non-hydrogen) atoms. The molecule has 0 amide bonds. The lowest BCUT2D eigenvalue weighted by Gasteiger charge is -2.11.